The maximum Gasteiger partial charge on any atom is 0.123 e. The Hall–Kier alpha value is -2.00. The summed E-state index contributed by atoms with van der Waals surface area (Å²) in [5, 5.41) is 3.53. The molecule has 1 atom stereocenters. The van der Waals surface area contributed by atoms with Gasteiger partial charge in [-0.15, -0.1) is 0 Å². The van der Waals surface area contributed by atoms with Gasteiger partial charge in [0.2, 0.25) is 0 Å². The van der Waals surface area contributed by atoms with Crippen LogP contribution in [0.5, 0.6) is 11.5 Å². The summed E-state index contributed by atoms with van der Waals surface area (Å²) in [5.74, 6) is 1.83. The molecule has 0 aliphatic rings. The second-order valence-electron chi connectivity index (χ2n) is 4.92. The Bertz CT molecular complexity index is 569. The smallest absolute Gasteiger partial charge is 0.123 e. The molecule has 0 bridgehead atoms. The number of methoxy groups -OCH3 is 1. The molecule has 0 saturated carbocycles. The molecular weight excluding hydrogens is 262 g/mol. The molecule has 2 aromatic carbocycles. The first kappa shape index (κ1) is 15.4. The first-order valence-electron chi connectivity index (χ1n) is 7.32. The fraction of sp³-hybridized carbons (Fsp3) is 0.333. The molecule has 2 rings (SSSR count). The van der Waals surface area contributed by atoms with Gasteiger partial charge in [-0.05, 0) is 37.6 Å². The van der Waals surface area contributed by atoms with Crippen molar-refractivity contribution < 1.29 is 9.47 Å². The van der Waals surface area contributed by atoms with E-state index in [4.69, 9.17) is 9.47 Å². The summed E-state index contributed by atoms with van der Waals surface area (Å²) in [5.41, 5.74) is 2.39. The minimum absolute atomic E-state index is 0.245. The Morgan fingerprint density at radius 3 is 2.67 bits per heavy atom. The molecular formula is C18H23NO2. The van der Waals surface area contributed by atoms with Gasteiger partial charge in [-0.25, -0.2) is 0 Å². The van der Waals surface area contributed by atoms with Crippen LogP contribution in [0.15, 0.2) is 48.5 Å². The van der Waals surface area contributed by atoms with Crippen molar-refractivity contribution in [3.8, 4) is 11.5 Å². The molecule has 21 heavy (non-hydrogen) atoms. The Labute approximate surface area is 126 Å². The molecule has 2 aromatic rings. The Morgan fingerprint density at radius 1 is 1.10 bits per heavy atom. The lowest BCUT2D eigenvalue weighted by Gasteiger charge is -2.17. The second-order valence-corrected chi connectivity index (χ2v) is 4.92. The third-order valence-electron chi connectivity index (χ3n) is 3.46. The van der Waals surface area contributed by atoms with E-state index in [2.05, 4.69) is 30.4 Å². The van der Waals surface area contributed by atoms with Crippen LogP contribution in [0.4, 0.5) is 0 Å². The lowest BCUT2D eigenvalue weighted by molar-refractivity contribution is 0.335. The molecule has 112 valence electrons. The zero-order valence-corrected chi connectivity index (χ0v) is 12.9. The normalized spacial score (nSPS) is 12.0. The van der Waals surface area contributed by atoms with Gasteiger partial charge in [0.05, 0.1) is 13.7 Å². The van der Waals surface area contributed by atoms with Crippen molar-refractivity contribution in [2.24, 2.45) is 0 Å². The van der Waals surface area contributed by atoms with Crippen molar-refractivity contribution in [2.45, 2.75) is 26.4 Å². The second kappa shape index (κ2) is 7.70. The fourth-order valence-corrected chi connectivity index (χ4v) is 2.24. The molecule has 0 aromatic heterocycles. The van der Waals surface area contributed by atoms with Crippen LogP contribution in [0.2, 0.25) is 0 Å². The van der Waals surface area contributed by atoms with E-state index in [1.807, 2.05) is 37.3 Å². The molecule has 0 amide bonds. The first-order chi connectivity index (χ1) is 10.2. The minimum atomic E-state index is 0.245. The highest BCUT2D eigenvalue weighted by Crippen LogP contribution is 2.21. The van der Waals surface area contributed by atoms with Crippen molar-refractivity contribution in [3.05, 3.63) is 59.7 Å². The van der Waals surface area contributed by atoms with Crippen molar-refractivity contribution in [3.63, 3.8) is 0 Å². The maximum absolute atomic E-state index is 5.65. The van der Waals surface area contributed by atoms with Gasteiger partial charge >= 0.3 is 0 Å². The van der Waals surface area contributed by atoms with Crippen molar-refractivity contribution in [1.82, 2.24) is 5.32 Å². The van der Waals surface area contributed by atoms with E-state index in [-0.39, 0.29) is 6.04 Å². The molecule has 0 aliphatic carbocycles. The highest BCUT2D eigenvalue weighted by molar-refractivity contribution is 5.34. The lowest BCUT2D eigenvalue weighted by atomic mass is 10.1. The Balaban J connectivity index is 2.02. The van der Waals surface area contributed by atoms with E-state index in [0.29, 0.717) is 6.61 Å². The van der Waals surface area contributed by atoms with Crippen LogP contribution in [0.1, 0.15) is 31.0 Å². The van der Waals surface area contributed by atoms with Crippen molar-refractivity contribution in [2.75, 3.05) is 13.7 Å². The zero-order valence-electron chi connectivity index (χ0n) is 12.9. The summed E-state index contributed by atoms with van der Waals surface area (Å²) in [6.45, 7) is 5.61. The van der Waals surface area contributed by atoms with Gasteiger partial charge in [-0.3, -0.25) is 0 Å². The summed E-state index contributed by atoms with van der Waals surface area (Å²) < 4.78 is 10.9. The third kappa shape index (κ3) is 4.23. The third-order valence-corrected chi connectivity index (χ3v) is 3.46. The SMILES string of the molecule is CCOc1ccccc1CNC(C)c1cccc(OC)c1. The zero-order chi connectivity index (χ0) is 15.1. The highest BCUT2D eigenvalue weighted by Gasteiger charge is 2.08. The largest absolute Gasteiger partial charge is 0.497 e. The summed E-state index contributed by atoms with van der Waals surface area (Å²) in [6.07, 6.45) is 0. The van der Waals surface area contributed by atoms with E-state index in [1.165, 1.54) is 11.1 Å². The number of rotatable bonds is 7. The standard InChI is InChI=1S/C18H23NO2/c1-4-21-18-11-6-5-8-16(18)13-19-14(2)15-9-7-10-17(12-15)20-3/h5-12,14,19H,4,13H2,1-3H3. The van der Waals surface area contributed by atoms with Crippen molar-refractivity contribution >= 4 is 0 Å². The number of hydrogen-bond acceptors (Lipinski definition) is 3. The molecule has 0 heterocycles. The minimum Gasteiger partial charge on any atom is -0.497 e. The average Bonchev–Trinajstić information content (AvgIpc) is 2.54. The lowest BCUT2D eigenvalue weighted by Crippen LogP contribution is -2.18. The predicted molar refractivity (Wildman–Crippen MR) is 85.9 cm³/mol. The monoisotopic (exact) mass is 285 g/mol. The molecule has 1 unspecified atom stereocenters. The number of ether oxygens (including phenoxy) is 2. The van der Waals surface area contributed by atoms with Crippen LogP contribution < -0.4 is 14.8 Å². The number of para-hydroxylation sites is 1. The predicted octanol–water partition coefficient (Wildman–Crippen LogP) is 3.94. The highest BCUT2D eigenvalue weighted by atomic mass is 16.5. The van der Waals surface area contributed by atoms with Gasteiger partial charge in [0.25, 0.3) is 0 Å². The van der Waals surface area contributed by atoms with E-state index >= 15 is 0 Å². The van der Waals surface area contributed by atoms with Gasteiger partial charge < -0.3 is 14.8 Å². The van der Waals surface area contributed by atoms with Crippen LogP contribution in [-0.2, 0) is 6.54 Å². The quantitative estimate of drug-likeness (QED) is 0.835. The van der Waals surface area contributed by atoms with Gasteiger partial charge in [0, 0.05) is 18.2 Å². The van der Waals surface area contributed by atoms with Crippen LogP contribution in [0.3, 0.4) is 0 Å². The average molecular weight is 285 g/mol. The Kier molecular flexibility index (Phi) is 5.64. The van der Waals surface area contributed by atoms with Gasteiger partial charge in [-0.2, -0.15) is 0 Å². The maximum atomic E-state index is 5.65. The van der Waals surface area contributed by atoms with E-state index < -0.39 is 0 Å². The summed E-state index contributed by atoms with van der Waals surface area (Å²) in [4.78, 5) is 0. The first-order valence-corrected chi connectivity index (χ1v) is 7.32. The van der Waals surface area contributed by atoms with Gasteiger partial charge in [0.1, 0.15) is 11.5 Å². The molecule has 0 fully saturated rings. The summed E-state index contributed by atoms with van der Waals surface area (Å²) in [7, 11) is 1.69. The van der Waals surface area contributed by atoms with E-state index in [0.717, 1.165) is 18.0 Å². The molecule has 0 saturated heterocycles. The summed E-state index contributed by atoms with van der Waals surface area (Å²) >= 11 is 0. The van der Waals surface area contributed by atoms with Crippen LogP contribution >= 0.6 is 0 Å². The molecule has 3 heteroatoms. The van der Waals surface area contributed by atoms with Crippen LogP contribution in [0, 0.1) is 0 Å². The summed E-state index contributed by atoms with van der Waals surface area (Å²) in [6, 6.07) is 16.5. The molecule has 0 aliphatic heterocycles. The van der Waals surface area contributed by atoms with Gasteiger partial charge in [-0.1, -0.05) is 30.3 Å². The van der Waals surface area contributed by atoms with Gasteiger partial charge in [0.15, 0.2) is 0 Å². The molecule has 0 radical (unpaired) electrons. The topological polar surface area (TPSA) is 30.5 Å². The molecule has 0 spiro atoms. The van der Waals surface area contributed by atoms with Crippen LogP contribution in [0.25, 0.3) is 0 Å². The fourth-order valence-electron chi connectivity index (χ4n) is 2.24. The van der Waals surface area contributed by atoms with Crippen LogP contribution in [-0.4, -0.2) is 13.7 Å². The number of nitrogens with one attached hydrogen (secondary N) is 1. The Morgan fingerprint density at radius 2 is 1.90 bits per heavy atom. The van der Waals surface area contributed by atoms with E-state index in [9.17, 15) is 0 Å². The number of benzene rings is 2. The van der Waals surface area contributed by atoms with E-state index in [1.54, 1.807) is 7.11 Å². The van der Waals surface area contributed by atoms with Crippen molar-refractivity contribution in [1.29, 1.82) is 0 Å². The molecule has 1 N–H and O–H groups in total. The number of hydrogen-bond donors (Lipinski definition) is 1. The molecule has 3 nitrogen and oxygen atoms in total.